The Morgan fingerprint density at radius 2 is 1.94 bits per heavy atom. The number of halogens is 1. The first-order valence-electron chi connectivity index (χ1n) is 6.44. The fraction of sp³-hybridized carbons (Fsp3) is 0.500. The second-order valence-corrected chi connectivity index (χ2v) is 5.41. The second kappa shape index (κ2) is 7.41. The van der Waals surface area contributed by atoms with Crippen molar-refractivity contribution < 1.29 is 4.79 Å². The Bertz CT molecular complexity index is 401. The molecule has 0 fully saturated rings. The van der Waals surface area contributed by atoms with Crippen molar-refractivity contribution in [3.05, 3.63) is 22.7 Å². The summed E-state index contributed by atoms with van der Waals surface area (Å²) in [5.41, 5.74) is 7.16. The molecule has 0 saturated carbocycles. The number of carbonyl (C=O) groups excluding carboxylic acids is 1. The van der Waals surface area contributed by atoms with Crippen LogP contribution in [0.4, 0.5) is 11.4 Å². The van der Waals surface area contributed by atoms with E-state index in [9.17, 15) is 4.79 Å². The van der Waals surface area contributed by atoms with Crippen LogP contribution >= 0.6 is 15.9 Å². The van der Waals surface area contributed by atoms with Crippen LogP contribution in [-0.4, -0.2) is 5.91 Å². The molecule has 0 aliphatic rings. The predicted octanol–water partition coefficient (Wildman–Crippen LogP) is 4.19. The number of nitrogens with two attached hydrogens (primary N) is 1. The van der Waals surface area contributed by atoms with Gasteiger partial charge in [0.15, 0.2) is 0 Å². The number of hydrogen-bond acceptors (Lipinski definition) is 2. The average Bonchev–Trinajstić information content (AvgIpc) is 2.32. The van der Waals surface area contributed by atoms with E-state index in [1.54, 1.807) is 6.07 Å². The third-order valence-corrected chi connectivity index (χ3v) is 3.41. The summed E-state index contributed by atoms with van der Waals surface area (Å²) in [6.07, 6.45) is 3.90. The van der Waals surface area contributed by atoms with Gasteiger partial charge in [0.25, 0.3) is 0 Å². The van der Waals surface area contributed by atoms with Crippen molar-refractivity contribution in [1.82, 2.24) is 0 Å². The molecule has 0 unspecified atom stereocenters. The number of amides is 1. The van der Waals surface area contributed by atoms with Gasteiger partial charge in [-0.25, -0.2) is 0 Å². The molecule has 3 N–H and O–H groups in total. The molecule has 3 nitrogen and oxygen atoms in total. The highest BCUT2D eigenvalue weighted by atomic mass is 79.9. The standard InChI is InChI=1S/C14H21BrN2O/c1-3-5-10(6-4-2)14(18)17-13-8-7-11(15)9-12(13)16/h7-10H,3-6,16H2,1-2H3,(H,17,18). The van der Waals surface area contributed by atoms with E-state index in [2.05, 4.69) is 35.1 Å². The predicted molar refractivity (Wildman–Crippen MR) is 80.5 cm³/mol. The van der Waals surface area contributed by atoms with Crippen molar-refractivity contribution >= 4 is 33.2 Å². The fourth-order valence-electron chi connectivity index (χ4n) is 1.99. The summed E-state index contributed by atoms with van der Waals surface area (Å²) in [7, 11) is 0. The molecular weight excluding hydrogens is 292 g/mol. The minimum atomic E-state index is 0.0766. The van der Waals surface area contributed by atoms with Gasteiger partial charge in [-0.1, -0.05) is 42.6 Å². The van der Waals surface area contributed by atoms with Crippen molar-refractivity contribution in [3.8, 4) is 0 Å². The molecule has 1 rings (SSSR count). The summed E-state index contributed by atoms with van der Waals surface area (Å²) in [6.45, 7) is 4.20. The molecule has 0 radical (unpaired) electrons. The van der Waals surface area contributed by atoms with E-state index in [4.69, 9.17) is 5.73 Å². The molecule has 18 heavy (non-hydrogen) atoms. The lowest BCUT2D eigenvalue weighted by Crippen LogP contribution is -2.23. The van der Waals surface area contributed by atoms with E-state index < -0.39 is 0 Å². The smallest absolute Gasteiger partial charge is 0.227 e. The maximum Gasteiger partial charge on any atom is 0.227 e. The lowest BCUT2D eigenvalue weighted by atomic mass is 9.97. The van der Waals surface area contributed by atoms with Gasteiger partial charge in [0.1, 0.15) is 0 Å². The Morgan fingerprint density at radius 3 is 2.44 bits per heavy atom. The SMILES string of the molecule is CCCC(CCC)C(=O)Nc1ccc(Br)cc1N. The number of benzene rings is 1. The van der Waals surface area contributed by atoms with Crippen molar-refractivity contribution in [3.63, 3.8) is 0 Å². The van der Waals surface area contributed by atoms with Gasteiger partial charge in [0, 0.05) is 10.4 Å². The summed E-state index contributed by atoms with van der Waals surface area (Å²) in [5.74, 6) is 0.163. The highest BCUT2D eigenvalue weighted by Crippen LogP contribution is 2.24. The van der Waals surface area contributed by atoms with Crippen molar-refractivity contribution in [2.45, 2.75) is 39.5 Å². The van der Waals surface area contributed by atoms with E-state index in [0.29, 0.717) is 11.4 Å². The maximum absolute atomic E-state index is 12.2. The first-order chi connectivity index (χ1) is 8.58. The summed E-state index contributed by atoms with van der Waals surface area (Å²) in [4.78, 5) is 12.2. The Hall–Kier alpha value is -1.03. The summed E-state index contributed by atoms with van der Waals surface area (Å²) >= 11 is 3.35. The molecular formula is C14H21BrN2O. The van der Waals surface area contributed by atoms with Crippen LogP contribution in [0.25, 0.3) is 0 Å². The number of nitrogen functional groups attached to an aromatic ring is 1. The third-order valence-electron chi connectivity index (χ3n) is 2.92. The van der Waals surface area contributed by atoms with Gasteiger partial charge in [-0.15, -0.1) is 0 Å². The van der Waals surface area contributed by atoms with E-state index in [1.165, 1.54) is 0 Å². The first kappa shape index (κ1) is 15.0. The summed E-state index contributed by atoms with van der Waals surface area (Å²) in [6, 6.07) is 5.50. The van der Waals surface area contributed by atoms with Gasteiger partial charge in [-0.05, 0) is 31.0 Å². The van der Waals surface area contributed by atoms with Gasteiger partial charge in [0.2, 0.25) is 5.91 Å². The number of nitrogens with one attached hydrogen (secondary N) is 1. The van der Waals surface area contributed by atoms with Gasteiger partial charge in [-0.3, -0.25) is 4.79 Å². The molecule has 4 heteroatoms. The minimum absolute atomic E-state index is 0.0766. The summed E-state index contributed by atoms with van der Waals surface area (Å²) < 4.78 is 0.914. The normalized spacial score (nSPS) is 10.7. The monoisotopic (exact) mass is 312 g/mol. The van der Waals surface area contributed by atoms with Crippen LogP contribution in [0.15, 0.2) is 22.7 Å². The number of rotatable bonds is 6. The van der Waals surface area contributed by atoms with Crippen LogP contribution in [0.3, 0.4) is 0 Å². The number of carbonyl (C=O) groups is 1. The molecule has 1 aromatic rings. The number of hydrogen-bond donors (Lipinski definition) is 2. The lowest BCUT2D eigenvalue weighted by Gasteiger charge is -2.16. The Labute approximate surface area is 117 Å². The van der Waals surface area contributed by atoms with Crippen molar-refractivity contribution in [2.75, 3.05) is 11.1 Å². The van der Waals surface area contributed by atoms with Crippen molar-refractivity contribution in [2.24, 2.45) is 5.92 Å². The van der Waals surface area contributed by atoms with Crippen molar-refractivity contribution in [1.29, 1.82) is 0 Å². The molecule has 0 aromatic heterocycles. The molecule has 1 amide bonds. The Kier molecular flexibility index (Phi) is 6.19. The van der Waals surface area contributed by atoms with E-state index in [-0.39, 0.29) is 11.8 Å². The van der Waals surface area contributed by atoms with E-state index in [1.807, 2.05) is 12.1 Å². The molecule has 0 aliphatic heterocycles. The van der Waals surface area contributed by atoms with Crippen LogP contribution in [-0.2, 0) is 4.79 Å². The Balaban J connectivity index is 2.72. The van der Waals surface area contributed by atoms with Crippen LogP contribution in [0, 0.1) is 5.92 Å². The molecule has 0 spiro atoms. The highest BCUT2D eigenvalue weighted by molar-refractivity contribution is 9.10. The van der Waals surface area contributed by atoms with Crippen LogP contribution < -0.4 is 11.1 Å². The van der Waals surface area contributed by atoms with E-state index in [0.717, 1.165) is 30.2 Å². The highest BCUT2D eigenvalue weighted by Gasteiger charge is 2.17. The molecule has 1 aromatic carbocycles. The first-order valence-corrected chi connectivity index (χ1v) is 7.23. The van der Waals surface area contributed by atoms with Gasteiger partial charge in [0.05, 0.1) is 11.4 Å². The maximum atomic E-state index is 12.2. The minimum Gasteiger partial charge on any atom is -0.397 e. The largest absolute Gasteiger partial charge is 0.397 e. The van der Waals surface area contributed by atoms with Gasteiger partial charge < -0.3 is 11.1 Å². The molecule has 0 bridgehead atoms. The molecule has 0 aliphatic carbocycles. The lowest BCUT2D eigenvalue weighted by molar-refractivity contribution is -0.120. The second-order valence-electron chi connectivity index (χ2n) is 4.50. The zero-order valence-corrected chi connectivity index (χ0v) is 12.6. The molecule has 0 heterocycles. The topological polar surface area (TPSA) is 55.1 Å². The Morgan fingerprint density at radius 1 is 1.33 bits per heavy atom. The quantitative estimate of drug-likeness (QED) is 0.774. The molecule has 0 atom stereocenters. The summed E-state index contributed by atoms with van der Waals surface area (Å²) in [5, 5.41) is 2.92. The number of anilines is 2. The average molecular weight is 313 g/mol. The van der Waals surface area contributed by atoms with Gasteiger partial charge in [-0.2, -0.15) is 0 Å². The van der Waals surface area contributed by atoms with Crippen LogP contribution in [0.2, 0.25) is 0 Å². The molecule has 0 saturated heterocycles. The zero-order chi connectivity index (χ0) is 13.5. The van der Waals surface area contributed by atoms with Crippen LogP contribution in [0.1, 0.15) is 39.5 Å². The molecule has 100 valence electrons. The van der Waals surface area contributed by atoms with Gasteiger partial charge >= 0.3 is 0 Å². The van der Waals surface area contributed by atoms with E-state index >= 15 is 0 Å². The third kappa shape index (κ3) is 4.33. The zero-order valence-electron chi connectivity index (χ0n) is 11.0. The van der Waals surface area contributed by atoms with Crippen LogP contribution in [0.5, 0.6) is 0 Å². The fourth-order valence-corrected chi connectivity index (χ4v) is 2.36.